The molecule has 1 atom stereocenters. The zero-order valence-corrected chi connectivity index (χ0v) is 25.0. The molecule has 0 aliphatic carbocycles. The SMILES string of the molecule is CC.COc1ccc(F)c(-c2ccc(OCc3cccc(C(CC(=O)O)C(C)(C)C#N)c3)cc2CC(C)(C)C)c1. The molecule has 0 bridgehead atoms. The van der Waals surface area contributed by atoms with E-state index in [4.69, 9.17) is 9.47 Å². The second kappa shape index (κ2) is 14.0. The van der Waals surface area contributed by atoms with Crippen LogP contribution in [0.4, 0.5) is 4.39 Å². The summed E-state index contributed by atoms with van der Waals surface area (Å²) < 4.78 is 26.3. The van der Waals surface area contributed by atoms with E-state index < -0.39 is 17.3 Å². The molecule has 0 aliphatic heterocycles. The van der Waals surface area contributed by atoms with Gasteiger partial charge in [0.1, 0.15) is 23.9 Å². The van der Waals surface area contributed by atoms with Gasteiger partial charge in [-0.2, -0.15) is 5.26 Å². The number of rotatable bonds is 10. The van der Waals surface area contributed by atoms with Crippen molar-refractivity contribution < 1.29 is 23.8 Å². The van der Waals surface area contributed by atoms with Gasteiger partial charge in [0, 0.05) is 11.5 Å². The number of carboxylic acids is 1. The number of carbonyl (C=O) groups is 1. The van der Waals surface area contributed by atoms with Gasteiger partial charge in [-0.3, -0.25) is 4.79 Å². The summed E-state index contributed by atoms with van der Waals surface area (Å²) in [4.78, 5) is 11.5. The zero-order chi connectivity index (χ0) is 30.1. The van der Waals surface area contributed by atoms with Crippen LogP contribution in [0.25, 0.3) is 11.1 Å². The first-order valence-electron chi connectivity index (χ1n) is 13.6. The number of nitriles is 1. The van der Waals surface area contributed by atoms with Gasteiger partial charge in [-0.15, -0.1) is 0 Å². The van der Waals surface area contributed by atoms with Crippen LogP contribution in [-0.2, 0) is 17.8 Å². The Morgan fingerprint density at radius 3 is 2.25 bits per heavy atom. The predicted octanol–water partition coefficient (Wildman–Crippen LogP) is 8.80. The van der Waals surface area contributed by atoms with E-state index in [1.54, 1.807) is 33.1 Å². The molecular formula is C34H42FNO4. The Morgan fingerprint density at radius 2 is 1.65 bits per heavy atom. The van der Waals surface area contributed by atoms with Crippen molar-refractivity contribution in [2.45, 2.75) is 73.8 Å². The lowest BCUT2D eigenvalue weighted by Crippen LogP contribution is -2.23. The molecule has 40 heavy (non-hydrogen) atoms. The van der Waals surface area contributed by atoms with Gasteiger partial charge in [0.15, 0.2) is 0 Å². The summed E-state index contributed by atoms with van der Waals surface area (Å²) >= 11 is 0. The van der Waals surface area contributed by atoms with E-state index in [0.29, 0.717) is 23.5 Å². The van der Waals surface area contributed by atoms with Gasteiger partial charge in [-0.1, -0.05) is 65.0 Å². The minimum atomic E-state index is -0.945. The Balaban J connectivity index is 0.00000274. The zero-order valence-electron chi connectivity index (χ0n) is 25.0. The van der Waals surface area contributed by atoms with E-state index in [9.17, 15) is 19.6 Å². The highest BCUT2D eigenvalue weighted by molar-refractivity contribution is 5.71. The van der Waals surface area contributed by atoms with Gasteiger partial charge in [-0.05, 0) is 78.3 Å². The molecule has 0 aromatic heterocycles. The molecular weight excluding hydrogens is 505 g/mol. The smallest absolute Gasteiger partial charge is 0.304 e. The van der Waals surface area contributed by atoms with Crippen LogP contribution in [0.3, 0.4) is 0 Å². The fraction of sp³-hybridized carbons (Fsp3) is 0.412. The molecule has 0 heterocycles. The van der Waals surface area contributed by atoms with Crippen molar-refractivity contribution in [3.05, 3.63) is 83.2 Å². The molecule has 1 N–H and O–H groups in total. The number of halogens is 1. The van der Waals surface area contributed by atoms with E-state index in [1.807, 2.05) is 56.3 Å². The topological polar surface area (TPSA) is 79.6 Å². The highest BCUT2D eigenvalue weighted by Crippen LogP contribution is 2.39. The van der Waals surface area contributed by atoms with E-state index >= 15 is 0 Å². The van der Waals surface area contributed by atoms with Gasteiger partial charge in [0.25, 0.3) is 0 Å². The summed E-state index contributed by atoms with van der Waals surface area (Å²) in [5.74, 6) is -0.479. The molecule has 0 saturated heterocycles. The number of hydrogen-bond acceptors (Lipinski definition) is 4. The molecule has 6 heteroatoms. The van der Waals surface area contributed by atoms with Gasteiger partial charge in [-0.25, -0.2) is 4.39 Å². The van der Waals surface area contributed by atoms with Crippen molar-refractivity contribution in [3.8, 4) is 28.7 Å². The molecule has 0 fully saturated rings. The molecule has 1 unspecified atom stereocenters. The first kappa shape index (κ1) is 32.4. The van der Waals surface area contributed by atoms with Crippen LogP contribution in [-0.4, -0.2) is 18.2 Å². The summed E-state index contributed by atoms with van der Waals surface area (Å²) in [7, 11) is 1.56. The lowest BCUT2D eigenvalue weighted by atomic mass is 9.74. The van der Waals surface area contributed by atoms with Crippen molar-refractivity contribution in [3.63, 3.8) is 0 Å². The average molecular weight is 548 g/mol. The second-order valence-electron chi connectivity index (χ2n) is 11.4. The molecule has 5 nitrogen and oxygen atoms in total. The van der Waals surface area contributed by atoms with Gasteiger partial charge < -0.3 is 14.6 Å². The van der Waals surface area contributed by atoms with Gasteiger partial charge in [0.05, 0.1) is 25.0 Å². The number of hydrogen-bond donors (Lipinski definition) is 1. The Hall–Kier alpha value is -3.85. The quantitative estimate of drug-likeness (QED) is 0.274. The number of methoxy groups -OCH3 is 1. The Bertz CT molecular complexity index is 1330. The number of benzene rings is 3. The largest absolute Gasteiger partial charge is 0.497 e. The fourth-order valence-corrected chi connectivity index (χ4v) is 4.59. The second-order valence-corrected chi connectivity index (χ2v) is 11.4. The van der Waals surface area contributed by atoms with Crippen LogP contribution in [0.2, 0.25) is 0 Å². The third-order valence-electron chi connectivity index (χ3n) is 6.56. The van der Waals surface area contributed by atoms with Crippen LogP contribution in [0.15, 0.2) is 60.7 Å². The highest BCUT2D eigenvalue weighted by Gasteiger charge is 2.33. The van der Waals surface area contributed by atoms with Crippen LogP contribution in [0.1, 0.15) is 77.5 Å². The number of carboxylic acid groups (broad SMARTS) is 1. The fourth-order valence-electron chi connectivity index (χ4n) is 4.59. The van der Waals surface area contributed by atoms with Crippen molar-refractivity contribution in [2.75, 3.05) is 7.11 Å². The molecule has 3 aromatic rings. The molecule has 0 aliphatic rings. The third kappa shape index (κ3) is 8.84. The predicted molar refractivity (Wildman–Crippen MR) is 158 cm³/mol. The molecule has 0 amide bonds. The maximum atomic E-state index is 14.8. The van der Waals surface area contributed by atoms with Crippen molar-refractivity contribution in [1.82, 2.24) is 0 Å². The minimum absolute atomic E-state index is 0.0380. The Labute approximate surface area is 238 Å². The molecule has 0 spiro atoms. The lowest BCUT2D eigenvalue weighted by Gasteiger charge is -2.27. The summed E-state index contributed by atoms with van der Waals surface area (Å²) in [6.07, 6.45) is 0.578. The Kier molecular flexibility index (Phi) is 11.3. The number of aliphatic carboxylic acids is 1. The maximum absolute atomic E-state index is 14.8. The van der Waals surface area contributed by atoms with Crippen LogP contribution in [0.5, 0.6) is 11.5 Å². The first-order chi connectivity index (χ1) is 18.8. The van der Waals surface area contributed by atoms with E-state index in [2.05, 4.69) is 26.8 Å². The normalized spacial score (nSPS) is 12.0. The molecule has 214 valence electrons. The first-order valence-corrected chi connectivity index (χ1v) is 13.6. The standard InChI is InChI=1S/C32H36FNO4.C2H6/c1-31(2,3)18-23-15-25(10-12-26(23)27-16-24(37-6)11-13-29(27)33)38-19-21-8-7-9-22(14-21)28(17-30(35)36)32(4,5)20-34;1-2/h7-16,28H,17-19H2,1-6H3,(H,35,36);1-2H3. The van der Waals surface area contributed by atoms with Crippen LogP contribution >= 0.6 is 0 Å². The van der Waals surface area contributed by atoms with Crippen LogP contribution in [0, 0.1) is 28.0 Å². The molecule has 0 radical (unpaired) electrons. The van der Waals surface area contributed by atoms with Gasteiger partial charge in [0.2, 0.25) is 0 Å². The summed E-state index contributed by atoms with van der Waals surface area (Å²) in [5, 5.41) is 19.0. The monoisotopic (exact) mass is 547 g/mol. The average Bonchev–Trinajstić information content (AvgIpc) is 2.91. The summed E-state index contributed by atoms with van der Waals surface area (Å²) in [6, 6.07) is 20.2. The van der Waals surface area contributed by atoms with Gasteiger partial charge >= 0.3 is 5.97 Å². The highest BCUT2D eigenvalue weighted by atomic mass is 19.1. The maximum Gasteiger partial charge on any atom is 0.304 e. The number of nitrogens with zero attached hydrogens (tertiary/aromatic N) is 1. The summed E-state index contributed by atoms with van der Waals surface area (Å²) in [6.45, 7) is 14.2. The number of ether oxygens (including phenoxy) is 2. The van der Waals surface area contributed by atoms with Crippen LogP contribution < -0.4 is 9.47 Å². The lowest BCUT2D eigenvalue weighted by molar-refractivity contribution is -0.137. The molecule has 0 saturated carbocycles. The van der Waals surface area contributed by atoms with Crippen molar-refractivity contribution in [2.24, 2.45) is 10.8 Å². The van der Waals surface area contributed by atoms with Crippen molar-refractivity contribution >= 4 is 5.97 Å². The van der Waals surface area contributed by atoms with E-state index in [0.717, 1.165) is 22.3 Å². The van der Waals surface area contributed by atoms with Crippen molar-refractivity contribution in [1.29, 1.82) is 5.26 Å². The Morgan fingerprint density at radius 1 is 0.975 bits per heavy atom. The third-order valence-corrected chi connectivity index (χ3v) is 6.56. The summed E-state index contributed by atoms with van der Waals surface area (Å²) in [5.41, 5.74) is 3.01. The molecule has 3 aromatic carbocycles. The molecule has 3 rings (SSSR count). The minimum Gasteiger partial charge on any atom is -0.497 e. The van der Waals surface area contributed by atoms with E-state index in [1.165, 1.54) is 6.07 Å². The van der Waals surface area contributed by atoms with E-state index in [-0.39, 0.29) is 24.3 Å².